The van der Waals surface area contributed by atoms with Crippen LogP contribution in [0, 0.1) is 3.57 Å². The summed E-state index contributed by atoms with van der Waals surface area (Å²) >= 11 is 6.47. The highest BCUT2D eigenvalue weighted by Crippen LogP contribution is 2.38. The molecule has 0 aromatic carbocycles. The van der Waals surface area contributed by atoms with Crippen molar-refractivity contribution in [1.29, 1.82) is 0 Å². The van der Waals surface area contributed by atoms with Crippen molar-refractivity contribution in [3.63, 3.8) is 0 Å². The predicted octanol–water partition coefficient (Wildman–Crippen LogP) is 4.30. The van der Waals surface area contributed by atoms with Crippen LogP contribution in [0.5, 0.6) is 0 Å². The number of halogens is 7. The zero-order valence-electron chi connectivity index (χ0n) is 6.75. The molecule has 0 saturated heterocycles. The molecule has 1 aromatic rings. The van der Waals surface area contributed by atoms with Gasteiger partial charge in [0.15, 0.2) is 0 Å². The minimum absolute atomic E-state index is 0.440. The predicted molar refractivity (Wildman–Crippen MR) is 51.9 cm³/mol. The molecule has 0 spiro atoms. The normalized spacial score (nSPS) is 12.3. The number of rotatable bonds is 1. The molecule has 0 amide bonds. The van der Waals surface area contributed by atoms with Crippen LogP contribution in [0.3, 0.4) is 0 Å². The van der Waals surface area contributed by atoms with E-state index in [2.05, 4.69) is 4.98 Å². The molecule has 0 bridgehead atoms. The van der Waals surface area contributed by atoms with Gasteiger partial charge in [0.25, 0.3) is 6.43 Å². The van der Waals surface area contributed by atoms with Crippen LogP contribution < -0.4 is 0 Å². The number of hydrogen-bond acceptors (Lipinski definition) is 1. The van der Waals surface area contributed by atoms with Crippen molar-refractivity contribution >= 4 is 34.2 Å². The maximum atomic E-state index is 12.4. The largest absolute Gasteiger partial charge is 0.418 e. The van der Waals surface area contributed by atoms with E-state index < -0.39 is 32.5 Å². The van der Waals surface area contributed by atoms with E-state index in [-0.39, 0.29) is 0 Å². The molecule has 1 nitrogen and oxygen atoms in total. The Labute approximate surface area is 99.8 Å². The summed E-state index contributed by atoms with van der Waals surface area (Å²) in [5.74, 6) is 0. The fraction of sp³-hybridized carbons (Fsp3) is 0.286. The second kappa shape index (κ2) is 4.36. The quantitative estimate of drug-likeness (QED) is 0.415. The topological polar surface area (TPSA) is 12.9 Å². The van der Waals surface area contributed by atoms with Crippen molar-refractivity contribution in [3.8, 4) is 0 Å². The summed E-state index contributed by atoms with van der Waals surface area (Å²) in [6.45, 7) is 0. The lowest BCUT2D eigenvalue weighted by molar-refractivity contribution is -0.138. The van der Waals surface area contributed by atoms with Gasteiger partial charge in [0.1, 0.15) is 5.15 Å². The molecule has 0 aliphatic carbocycles. The van der Waals surface area contributed by atoms with Crippen LogP contribution in [0.2, 0.25) is 5.15 Å². The van der Waals surface area contributed by atoms with Crippen LogP contribution in [0.15, 0.2) is 6.20 Å². The van der Waals surface area contributed by atoms with Gasteiger partial charge in [-0.2, -0.15) is 13.2 Å². The molecule has 0 unspecified atom stereocenters. The molecule has 84 valence electrons. The first-order valence-electron chi connectivity index (χ1n) is 3.44. The molecule has 1 rings (SSSR count). The van der Waals surface area contributed by atoms with Crippen LogP contribution in [-0.2, 0) is 6.18 Å². The highest BCUT2D eigenvalue weighted by Gasteiger charge is 2.36. The van der Waals surface area contributed by atoms with Gasteiger partial charge in [-0.1, -0.05) is 11.6 Å². The second-order valence-electron chi connectivity index (χ2n) is 2.49. The molecule has 0 aliphatic heterocycles. The third kappa shape index (κ3) is 2.68. The first-order chi connectivity index (χ1) is 6.75. The molecular weight excluding hydrogens is 355 g/mol. The molecule has 0 saturated carbocycles. The Balaban J connectivity index is 3.42. The summed E-state index contributed by atoms with van der Waals surface area (Å²) in [6.07, 6.45) is -7.35. The van der Waals surface area contributed by atoms with E-state index in [1.807, 2.05) is 0 Å². The Morgan fingerprint density at radius 3 is 2.27 bits per heavy atom. The SMILES string of the molecule is FC(F)c1c(Cl)ncc(C(F)(F)F)c1I. The summed E-state index contributed by atoms with van der Waals surface area (Å²) in [4.78, 5) is 3.09. The molecule has 1 heterocycles. The highest BCUT2D eigenvalue weighted by atomic mass is 127. The van der Waals surface area contributed by atoms with E-state index in [1.165, 1.54) is 22.6 Å². The number of pyridine rings is 1. The molecule has 0 radical (unpaired) electrons. The Morgan fingerprint density at radius 2 is 1.87 bits per heavy atom. The van der Waals surface area contributed by atoms with E-state index in [4.69, 9.17) is 11.6 Å². The molecular formula is C7H2ClF5IN. The maximum absolute atomic E-state index is 12.4. The monoisotopic (exact) mass is 357 g/mol. The Morgan fingerprint density at radius 1 is 1.33 bits per heavy atom. The Kier molecular flexibility index (Phi) is 3.75. The van der Waals surface area contributed by atoms with Gasteiger partial charge in [-0.15, -0.1) is 0 Å². The fourth-order valence-corrected chi connectivity index (χ4v) is 2.19. The fourth-order valence-electron chi connectivity index (χ4n) is 0.867. The lowest BCUT2D eigenvalue weighted by Gasteiger charge is -2.12. The van der Waals surface area contributed by atoms with Crippen molar-refractivity contribution in [2.24, 2.45) is 0 Å². The van der Waals surface area contributed by atoms with Gasteiger partial charge in [-0.05, 0) is 22.6 Å². The molecule has 15 heavy (non-hydrogen) atoms. The lowest BCUT2D eigenvalue weighted by Crippen LogP contribution is -2.11. The maximum Gasteiger partial charge on any atom is 0.418 e. The van der Waals surface area contributed by atoms with Crippen molar-refractivity contribution in [2.45, 2.75) is 12.6 Å². The first-order valence-corrected chi connectivity index (χ1v) is 4.90. The van der Waals surface area contributed by atoms with Gasteiger partial charge < -0.3 is 0 Å². The van der Waals surface area contributed by atoms with Gasteiger partial charge in [0, 0.05) is 9.77 Å². The van der Waals surface area contributed by atoms with Gasteiger partial charge in [-0.25, -0.2) is 13.8 Å². The van der Waals surface area contributed by atoms with E-state index >= 15 is 0 Å². The van der Waals surface area contributed by atoms with Crippen LogP contribution in [0.25, 0.3) is 0 Å². The standard InChI is InChI=1S/C7H2ClF5IN/c8-5-3(6(9)10)4(14)2(1-15-5)7(11,12)13/h1,6H. The minimum atomic E-state index is -4.71. The van der Waals surface area contributed by atoms with Crippen molar-refractivity contribution in [3.05, 3.63) is 26.0 Å². The van der Waals surface area contributed by atoms with Gasteiger partial charge in [0.2, 0.25) is 0 Å². The van der Waals surface area contributed by atoms with Gasteiger partial charge >= 0.3 is 6.18 Å². The summed E-state index contributed by atoms with van der Waals surface area (Å²) in [7, 11) is 0. The molecule has 0 fully saturated rings. The van der Waals surface area contributed by atoms with E-state index in [0.29, 0.717) is 6.20 Å². The first kappa shape index (κ1) is 12.9. The third-order valence-corrected chi connectivity index (χ3v) is 2.99. The Hall–Kier alpha value is -0.180. The number of hydrogen-bond donors (Lipinski definition) is 0. The average Bonchev–Trinajstić information content (AvgIpc) is 2.00. The zero-order chi connectivity index (χ0) is 11.8. The second-order valence-corrected chi connectivity index (χ2v) is 3.93. The van der Waals surface area contributed by atoms with Crippen molar-refractivity contribution < 1.29 is 22.0 Å². The number of alkyl halides is 5. The smallest absolute Gasteiger partial charge is 0.243 e. The van der Waals surface area contributed by atoms with E-state index in [0.717, 1.165) is 0 Å². The number of aromatic nitrogens is 1. The van der Waals surface area contributed by atoms with Crippen molar-refractivity contribution in [2.75, 3.05) is 0 Å². The Bertz CT molecular complexity index is 378. The zero-order valence-corrected chi connectivity index (χ0v) is 9.66. The summed E-state index contributed by atoms with van der Waals surface area (Å²) < 4.78 is 61.0. The van der Waals surface area contributed by atoms with Crippen LogP contribution in [0.4, 0.5) is 22.0 Å². The molecule has 0 N–H and O–H groups in total. The molecule has 8 heteroatoms. The van der Waals surface area contributed by atoms with E-state index in [9.17, 15) is 22.0 Å². The number of nitrogens with zero attached hydrogens (tertiary/aromatic N) is 1. The van der Waals surface area contributed by atoms with E-state index in [1.54, 1.807) is 0 Å². The average molecular weight is 357 g/mol. The van der Waals surface area contributed by atoms with Gasteiger partial charge in [-0.3, -0.25) is 0 Å². The lowest BCUT2D eigenvalue weighted by atomic mass is 10.2. The highest BCUT2D eigenvalue weighted by molar-refractivity contribution is 14.1. The molecule has 1 aromatic heterocycles. The molecule has 0 atom stereocenters. The van der Waals surface area contributed by atoms with Crippen LogP contribution >= 0.6 is 34.2 Å². The minimum Gasteiger partial charge on any atom is -0.243 e. The summed E-state index contributed by atoms with van der Waals surface area (Å²) in [5, 5.41) is -0.609. The summed E-state index contributed by atoms with van der Waals surface area (Å²) in [5.41, 5.74) is -2.09. The van der Waals surface area contributed by atoms with Gasteiger partial charge in [0.05, 0.1) is 11.1 Å². The van der Waals surface area contributed by atoms with Crippen molar-refractivity contribution in [1.82, 2.24) is 4.98 Å². The van der Waals surface area contributed by atoms with Crippen LogP contribution in [0.1, 0.15) is 17.6 Å². The van der Waals surface area contributed by atoms with Crippen LogP contribution in [-0.4, -0.2) is 4.98 Å². The summed E-state index contributed by atoms with van der Waals surface area (Å²) in [6, 6.07) is 0. The molecule has 0 aliphatic rings. The third-order valence-electron chi connectivity index (χ3n) is 1.53.